The predicted octanol–water partition coefficient (Wildman–Crippen LogP) is 3.04. The number of hydrogen-bond donors (Lipinski definition) is 1. The van der Waals surface area contributed by atoms with Crippen LogP contribution in [0.5, 0.6) is 0 Å². The molecule has 1 aromatic carbocycles. The Bertz CT molecular complexity index is 622. The first kappa shape index (κ1) is 25.4. The average Bonchev–Trinajstić information content (AvgIpc) is 2.55. The fourth-order valence-corrected chi connectivity index (χ4v) is 2.75. The van der Waals surface area contributed by atoms with Gasteiger partial charge in [-0.25, -0.2) is 0 Å². The molecular weight excluding hydrogens is 396 g/mol. The molecule has 0 atom stereocenters. The molecular formula is C20H32N2O6S. The minimum atomic E-state index is -0.586. The third-order valence-electron chi connectivity index (χ3n) is 3.36. The number of carbonyl (C=O) groups excluding carboxylic acids is 2. The SMILES string of the molecule is CC(C)(C)OC(=O)CN(CCc1ccc(SOON)cc1)CC(=O)OC(C)(C)C. The third kappa shape index (κ3) is 12.5. The summed E-state index contributed by atoms with van der Waals surface area (Å²) in [7, 11) is 0. The molecule has 0 unspecified atom stereocenters. The van der Waals surface area contributed by atoms with Gasteiger partial charge in [0.25, 0.3) is 0 Å². The molecule has 164 valence electrons. The van der Waals surface area contributed by atoms with Crippen molar-refractivity contribution in [2.75, 3.05) is 19.6 Å². The zero-order chi connectivity index (χ0) is 22.1. The summed E-state index contributed by atoms with van der Waals surface area (Å²) in [5.41, 5.74) is -0.129. The van der Waals surface area contributed by atoms with Crippen molar-refractivity contribution < 1.29 is 28.4 Å². The van der Waals surface area contributed by atoms with E-state index in [4.69, 9.17) is 15.4 Å². The minimum absolute atomic E-state index is 0.00608. The van der Waals surface area contributed by atoms with Crippen LogP contribution in [0, 0.1) is 0 Å². The maximum Gasteiger partial charge on any atom is 0.320 e. The van der Waals surface area contributed by atoms with Crippen LogP contribution in [-0.2, 0) is 34.8 Å². The number of nitrogens with two attached hydrogens (primary N) is 1. The van der Waals surface area contributed by atoms with Crippen LogP contribution >= 0.6 is 12.0 Å². The van der Waals surface area contributed by atoms with Gasteiger partial charge in [0, 0.05) is 11.4 Å². The first-order valence-corrected chi connectivity index (χ1v) is 10.1. The summed E-state index contributed by atoms with van der Waals surface area (Å²) in [5.74, 6) is 4.05. The van der Waals surface area contributed by atoms with E-state index in [0.29, 0.717) is 13.0 Å². The minimum Gasteiger partial charge on any atom is -0.459 e. The summed E-state index contributed by atoms with van der Waals surface area (Å²) in [6, 6.07) is 7.60. The van der Waals surface area contributed by atoms with Crippen molar-refractivity contribution in [3.05, 3.63) is 29.8 Å². The Morgan fingerprint density at radius 3 is 1.83 bits per heavy atom. The molecule has 29 heavy (non-hydrogen) atoms. The molecule has 0 radical (unpaired) electrons. The standard InChI is InChI=1S/C20H32N2O6S/c1-19(2,3)25-17(23)13-22(14-18(24)26-20(4,5)6)12-11-15-7-9-16(10-8-15)29-28-27-21/h7-10H,11-14,21H2,1-6H3. The third-order valence-corrected chi connectivity index (χ3v) is 3.97. The second-order valence-corrected chi connectivity index (χ2v) is 9.30. The maximum atomic E-state index is 12.2. The van der Waals surface area contributed by atoms with Gasteiger partial charge in [-0.3, -0.25) is 14.5 Å². The molecule has 0 spiro atoms. The average molecular weight is 429 g/mol. The first-order valence-electron chi connectivity index (χ1n) is 9.33. The van der Waals surface area contributed by atoms with E-state index >= 15 is 0 Å². The summed E-state index contributed by atoms with van der Waals surface area (Å²) in [4.78, 5) is 31.1. The lowest BCUT2D eigenvalue weighted by atomic mass is 10.1. The number of ether oxygens (including phenoxy) is 2. The number of nitrogens with zero attached hydrogens (tertiary/aromatic N) is 1. The Morgan fingerprint density at radius 2 is 1.41 bits per heavy atom. The Balaban J connectivity index is 2.71. The summed E-state index contributed by atoms with van der Waals surface area (Å²) in [5, 5.41) is 0. The van der Waals surface area contributed by atoms with Crippen LogP contribution in [-0.4, -0.2) is 47.7 Å². The molecule has 8 nitrogen and oxygen atoms in total. The van der Waals surface area contributed by atoms with Gasteiger partial charge in [0.2, 0.25) is 0 Å². The summed E-state index contributed by atoms with van der Waals surface area (Å²) < 4.78 is 15.4. The van der Waals surface area contributed by atoms with Crippen molar-refractivity contribution >= 4 is 24.0 Å². The van der Waals surface area contributed by atoms with Crippen LogP contribution in [0.2, 0.25) is 0 Å². The Morgan fingerprint density at radius 1 is 0.931 bits per heavy atom. The normalized spacial score (nSPS) is 12.1. The molecule has 2 N–H and O–H groups in total. The summed E-state index contributed by atoms with van der Waals surface area (Å²) in [6.07, 6.45) is 0.644. The molecule has 0 heterocycles. The second kappa shape index (κ2) is 11.5. The number of rotatable bonds is 10. The highest BCUT2D eigenvalue weighted by Gasteiger charge is 2.23. The van der Waals surface area contributed by atoms with Gasteiger partial charge >= 0.3 is 11.9 Å². The number of benzene rings is 1. The topological polar surface area (TPSA) is 100 Å². The Kier molecular flexibility index (Phi) is 10.1. The highest BCUT2D eigenvalue weighted by Crippen LogP contribution is 2.19. The van der Waals surface area contributed by atoms with E-state index in [2.05, 4.69) is 9.32 Å². The van der Waals surface area contributed by atoms with Gasteiger partial charge in [0.05, 0.1) is 25.1 Å². The van der Waals surface area contributed by atoms with Crippen LogP contribution in [0.25, 0.3) is 0 Å². The van der Waals surface area contributed by atoms with Crippen molar-refractivity contribution in [2.24, 2.45) is 5.90 Å². The first-order chi connectivity index (χ1) is 13.4. The fraction of sp³-hybridized carbons (Fsp3) is 0.600. The van der Waals surface area contributed by atoms with Crippen LogP contribution < -0.4 is 5.90 Å². The molecule has 0 saturated carbocycles. The quantitative estimate of drug-likeness (QED) is 0.261. The molecule has 0 aromatic heterocycles. The summed E-state index contributed by atoms with van der Waals surface area (Å²) >= 11 is 1.00. The molecule has 0 saturated heterocycles. The van der Waals surface area contributed by atoms with Crippen LogP contribution in [0.1, 0.15) is 47.1 Å². The van der Waals surface area contributed by atoms with E-state index in [1.807, 2.05) is 65.8 Å². The molecule has 0 aliphatic rings. The van der Waals surface area contributed by atoms with E-state index in [-0.39, 0.29) is 25.0 Å². The van der Waals surface area contributed by atoms with Gasteiger partial charge in [-0.15, -0.1) is 9.32 Å². The predicted molar refractivity (Wildman–Crippen MR) is 110 cm³/mol. The van der Waals surface area contributed by atoms with Crippen molar-refractivity contribution in [3.8, 4) is 0 Å². The van der Waals surface area contributed by atoms with E-state index in [1.54, 1.807) is 4.90 Å². The monoisotopic (exact) mass is 428 g/mol. The molecule has 0 aliphatic carbocycles. The van der Waals surface area contributed by atoms with Gasteiger partial charge < -0.3 is 9.47 Å². The van der Waals surface area contributed by atoms with Crippen molar-refractivity contribution in [3.63, 3.8) is 0 Å². The van der Waals surface area contributed by atoms with Gasteiger partial charge in [0.15, 0.2) is 0 Å². The van der Waals surface area contributed by atoms with Crippen molar-refractivity contribution in [1.82, 2.24) is 4.90 Å². The van der Waals surface area contributed by atoms with E-state index in [1.165, 1.54) is 0 Å². The zero-order valence-electron chi connectivity index (χ0n) is 18.0. The summed E-state index contributed by atoms with van der Waals surface area (Å²) in [6.45, 7) is 11.4. The largest absolute Gasteiger partial charge is 0.459 e. The van der Waals surface area contributed by atoms with Crippen molar-refractivity contribution in [1.29, 1.82) is 0 Å². The number of hydrogen-bond acceptors (Lipinski definition) is 9. The molecule has 1 aromatic rings. The lowest BCUT2D eigenvalue weighted by Gasteiger charge is -2.26. The highest BCUT2D eigenvalue weighted by molar-refractivity contribution is 7.94. The fourth-order valence-electron chi connectivity index (χ4n) is 2.38. The van der Waals surface area contributed by atoms with Crippen molar-refractivity contribution in [2.45, 2.75) is 64.1 Å². The van der Waals surface area contributed by atoms with Gasteiger partial charge in [-0.05, 0) is 65.7 Å². The van der Waals surface area contributed by atoms with E-state index in [9.17, 15) is 9.59 Å². The van der Waals surface area contributed by atoms with E-state index < -0.39 is 11.2 Å². The highest BCUT2D eigenvalue weighted by atomic mass is 32.2. The number of esters is 2. The molecule has 1 rings (SSSR count). The maximum absolute atomic E-state index is 12.2. The van der Waals surface area contributed by atoms with Gasteiger partial charge in [-0.2, -0.15) is 5.90 Å². The van der Waals surface area contributed by atoms with Crippen LogP contribution in [0.15, 0.2) is 29.2 Å². The Hall–Kier alpha value is -1.65. The Labute approximate surface area is 177 Å². The number of carbonyl (C=O) groups is 2. The van der Waals surface area contributed by atoms with Crippen LogP contribution in [0.4, 0.5) is 0 Å². The lowest BCUT2D eigenvalue weighted by Crippen LogP contribution is -2.40. The van der Waals surface area contributed by atoms with Crippen LogP contribution in [0.3, 0.4) is 0 Å². The second-order valence-electron chi connectivity index (χ2n) is 8.53. The molecule has 9 heteroatoms. The smallest absolute Gasteiger partial charge is 0.320 e. The molecule has 0 fully saturated rings. The van der Waals surface area contributed by atoms with Gasteiger partial charge in [-0.1, -0.05) is 12.1 Å². The molecule has 0 bridgehead atoms. The zero-order valence-corrected chi connectivity index (χ0v) is 18.8. The van der Waals surface area contributed by atoms with E-state index in [0.717, 1.165) is 22.5 Å². The molecule has 0 amide bonds. The van der Waals surface area contributed by atoms with Gasteiger partial charge in [0.1, 0.15) is 11.2 Å². The molecule has 0 aliphatic heterocycles. The lowest BCUT2D eigenvalue weighted by molar-refractivity contribution is -0.195.